The second-order valence-electron chi connectivity index (χ2n) is 5.55. The van der Waals surface area contributed by atoms with E-state index >= 15 is 0 Å². The van der Waals surface area contributed by atoms with Crippen LogP contribution in [-0.2, 0) is 17.8 Å². The number of hydrogen-bond donors (Lipinski definition) is 0. The van der Waals surface area contributed by atoms with Crippen LogP contribution in [0.2, 0.25) is 5.02 Å². The van der Waals surface area contributed by atoms with Crippen LogP contribution >= 0.6 is 11.6 Å². The molecular formula is C19H22ClNO4. The second-order valence-corrected chi connectivity index (χ2v) is 5.98. The molecule has 0 atom stereocenters. The van der Waals surface area contributed by atoms with Crippen molar-refractivity contribution < 1.29 is 19.0 Å². The van der Waals surface area contributed by atoms with E-state index < -0.39 is 0 Å². The molecule has 0 fully saturated rings. The normalized spacial score (nSPS) is 10.3. The van der Waals surface area contributed by atoms with E-state index in [-0.39, 0.29) is 5.91 Å². The number of nitrogens with zero attached hydrogens (tertiary/aromatic N) is 1. The van der Waals surface area contributed by atoms with Gasteiger partial charge in [-0.25, -0.2) is 0 Å². The van der Waals surface area contributed by atoms with Gasteiger partial charge in [0.15, 0.2) is 11.5 Å². The third-order valence-corrected chi connectivity index (χ3v) is 4.14. The van der Waals surface area contributed by atoms with Gasteiger partial charge in [0.05, 0.1) is 27.8 Å². The molecule has 134 valence electrons. The largest absolute Gasteiger partial charge is 0.493 e. The predicted octanol–water partition coefficient (Wildman–Crippen LogP) is 3.57. The molecule has 6 heteroatoms. The lowest BCUT2D eigenvalue weighted by Gasteiger charge is -2.21. The third-order valence-electron chi connectivity index (χ3n) is 3.89. The molecule has 0 aliphatic heterocycles. The molecule has 0 bridgehead atoms. The van der Waals surface area contributed by atoms with Crippen molar-refractivity contribution in [3.8, 4) is 17.2 Å². The molecule has 1 amide bonds. The Morgan fingerprint density at radius 1 is 0.960 bits per heavy atom. The minimum absolute atomic E-state index is 0.000777. The van der Waals surface area contributed by atoms with Gasteiger partial charge < -0.3 is 19.1 Å². The Morgan fingerprint density at radius 2 is 1.60 bits per heavy atom. The monoisotopic (exact) mass is 363 g/mol. The van der Waals surface area contributed by atoms with Crippen LogP contribution in [0.15, 0.2) is 36.4 Å². The number of methoxy groups -OCH3 is 3. The Hall–Kier alpha value is -2.40. The first kappa shape index (κ1) is 18.9. The molecule has 0 aromatic heterocycles. The van der Waals surface area contributed by atoms with E-state index in [1.54, 1.807) is 51.5 Å². The molecular weight excluding hydrogens is 342 g/mol. The minimum Gasteiger partial charge on any atom is -0.493 e. The predicted molar refractivity (Wildman–Crippen MR) is 97.7 cm³/mol. The minimum atomic E-state index is -0.000777. The Bertz CT molecular complexity index is 731. The van der Waals surface area contributed by atoms with Crippen LogP contribution in [-0.4, -0.2) is 39.2 Å². The van der Waals surface area contributed by atoms with Gasteiger partial charge in [0.2, 0.25) is 11.7 Å². The first-order valence-corrected chi connectivity index (χ1v) is 8.14. The van der Waals surface area contributed by atoms with Gasteiger partial charge in [-0.1, -0.05) is 23.7 Å². The molecule has 25 heavy (non-hydrogen) atoms. The number of amides is 1. The first-order chi connectivity index (χ1) is 12.0. The van der Waals surface area contributed by atoms with Crippen LogP contribution in [0.5, 0.6) is 17.2 Å². The molecule has 0 heterocycles. The smallest absolute Gasteiger partial charge is 0.227 e. The summed E-state index contributed by atoms with van der Waals surface area (Å²) in [7, 11) is 6.45. The van der Waals surface area contributed by atoms with Crippen LogP contribution in [0.3, 0.4) is 0 Å². The van der Waals surface area contributed by atoms with Gasteiger partial charge in [0, 0.05) is 24.2 Å². The van der Waals surface area contributed by atoms with Crippen LogP contribution in [0.1, 0.15) is 11.1 Å². The van der Waals surface area contributed by atoms with Gasteiger partial charge >= 0.3 is 0 Å². The molecule has 0 radical (unpaired) electrons. The first-order valence-electron chi connectivity index (χ1n) is 7.76. The molecule has 2 rings (SSSR count). The zero-order chi connectivity index (χ0) is 18.4. The van der Waals surface area contributed by atoms with Crippen molar-refractivity contribution >= 4 is 17.5 Å². The van der Waals surface area contributed by atoms with Crippen molar-refractivity contribution in [1.82, 2.24) is 4.90 Å². The Morgan fingerprint density at radius 3 is 2.16 bits per heavy atom. The van der Waals surface area contributed by atoms with E-state index in [0.717, 1.165) is 11.1 Å². The number of hydrogen-bond acceptors (Lipinski definition) is 4. The highest BCUT2D eigenvalue weighted by Crippen LogP contribution is 2.40. The standard InChI is InChI=1S/C19H22ClNO4/c1-21(17(22)11-13-5-8-15(20)9-6-13)12-14-7-10-16(23-2)19(25-4)18(14)24-3/h5-10H,11-12H2,1-4H3. The third kappa shape index (κ3) is 4.57. The molecule has 5 nitrogen and oxygen atoms in total. The van der Waals surface area contributed by atoms with Crippen molar-refractivity contribution in [2.75, 3.05) is 28.4 Å². The van der Waals surface area contributed by atoms with Crippen molar-refractivity contribution in [3.05, 3.63) is 52.5 Å². The highest BCUT2D eigenvalue weighted by Gasteiger charge is 2.18. The molecule has 0 saturated heterocycles. The molecule has 0 saturated carbocycles. The van der Waals surface area contributed by atoms with Gasteiger partial charge in [-0.3, -0.25) is 4.79 Å². The van der Waals surface area contributed by atoms with E-state index in [1.807, 2.05) is 18.2 Å². The number of carbonyl (C=O) groups is 1. The van der Waals surface area contributed by atoms with Crippen molar-refractivity contribution in [2.24, 2.45) is 0 Å². The summed E-state index contributed by atoms with van der Waals surface area (Å²) in [5.74, 6) is 1.66. The highest BCUT2D eigenvalue weighted by atomic mass is 35.5. The van der Waals surface area contributed by atoms with Gasteiger partial charge in [-0.15, -0.1) is 0 Å². The molecule has 0 spiro atoms. The summed E-state index contributed by atoms with van der Waals surface area (Å²) in [5.41, 5.74) is 1.76. The van der Waals surface area contributed by atoms with Crippen LogP contribution < -0.4 is 14.2 Å². The van der Waals surface area contributed by atoms with Gasteiger partial charge in [-0.2, -0.15) is 0 Å². The van der Waals surface area contributed by atoms with E-state index in [4.69, 9.17) is 25.8 Å². The molecule has 0 aliphatic rings. The maximum atomic E-state index is 12.5. The van der Waals surface area contributed by atoms with Gasteiger partial charge in [0.1, 0.15) is 0 Å². The maximum Gasteiger partial charge on any atom is 0.227 e. The summed E-state index contributed by atoms with van der Waals surface area (Å²) in [5, 5.41) is 0.652. The van der Waals surface area contributed by atoms with Gasteiger partial charge in [-0.05, 0) is 29.8 Å². The molecule has 0 aliphatic carbocycles. The maximum absolute atomic E-state index is 12.5. The van der Waals surface area contributed by atoms with Crippen LogP contribution in [0, 0.1) is 0 Å². The number of rotatable bonds is 7. The Labute approximate surface area is 153 Å². The molecule has 0 unspecified atom stereocenters. The SMILES string of the molecule is COc1ccc(CN(C)C(=O)Cc2ccc(Cl)cc2)c(OC)c1OC. The highest BCUT2D eigenvalue weighted by molar-refractivity contribution is 6.30. The summed E-state index contributed by atoms with van der Waals surface area (Å²) < 4.78 is 16.1. The average Bonchev–Trinajstić information content (AvgIpc) is 2.62. The number of likely N-dealkylation sites (N-methyl/N-ethyl adjacent to an activating group) is 1. The summed E-state index contributed by atoms with van der Waals surface area (Å²) >= 11 is 5.87. The van der Waals surface area contributed by atoms with Crippen LogP contribution in [0.25, 0.3) is 0 Å². The van der Waals surface area contributed by atoms with Crippen molar-refractivity contribution in [2.45, 2.75) is 13.0 Å². The fourth-order valence-corrected chi connectivity index (χ4v) is 2.67. The summed E-state index contributed by atoms with van der Waals surface area (Å²) in [6.07, 6.45) is 0.309. The Balaban J connectivity index is 2.15. The van der Waals surface area contributed by atoms with Crippen molar-refractivity contribution in [3.63, 3.8) is 0 Å². The molecule has 2 aromatic rings. The lowest BCUT2D eigenvalue weighted by atomic mass is 10.1. The fraction of sp³-hybridized carbons (Fsp3) is 0.316. The van der Waals surface area contributed by atoms with E-state index in [1.165, 1.54) is 0 Å². The lowest BCUT2D eigenvalue weighted by Crippen LogP contribution is -2.28. The average molecular weight is 364 g/mol. The quantitative estimate of drug-likeness (QED) is 0.754. The number of benzene rings is 2. The molecule has 2 aromatic carbocycles. The zero-order valence-electron chi connectivity index (χ0n) is 14.8. The summed E-state index contributed by atoms with van der Waals surface area (Å²) in [6.45, 7) is 0.399. The van der Waals surface area contributed by atoms with Crippen LogP contribution in [0.4, 0.5) is 0 Å². The van der Waals surface area contributed by atoms with Gasteiger partial charge in [0.25, 0.3) is 0 Å². The van der Waals surface area contributed by atoms with E-state index in [0.29, 0.717) is 35.2 Å². The molecule has 0 N–H and O–H groups in total. The van der Waals surface area contributed by atoms with E-state index in [9.17, 15) is 4.79 Å². The zero-order valence-corrected chi connectivity index (χ0v) is 15.6. The number of carbonyl (C=O) groups excluding carboxylic acids is 1. The number of halogens is 1. The van der Waals surface area contributed by atoms with Crippen molar-refractivity contribution in [1.29, 1.82) is 0 Å². The fourth-order valence-electron chi connectivity index (χ4n) is 2.54. The topological polar surface area (TPSA) is 48.0 Å². The number of ether oxygens (including phenoxy) is 3. The van der Waals surface area contributed by atoms with E-state index in [2.05, 4.69) is 0 Å². The second kappa shape index (κ2) is 8.62. The Kier molecular flexibility index (Phi) is 6.53. The summed E-state index contributed by atoms with van der Waals surface area (Å²) in [6, 6.07) is 10.9. The summed E-state index contributed by atoms with van der Waals surface area (Å²) in [4.78, 5) is 14.1. The lowest BCUT2D eigenvalue weighted by molar-refractivity contribution is -0.129.